The van der Waals surface area contributed by atoms with Crippen molar-refractivity contribution in [3.05, 3.63) is 92.0 Å². The Labute approximate surface area is 185 Å². The monoisotopic (exact) mass is 488 g/mol. The zero-order valence-electron chi connectivity index (χ0n) is 16.4. The first-order valence-corrected chi connectivity index (χ1v) is 8.92. The summed E-state index contributed by atoms with van der Waals surface area (Å²) in [6.07, 6.45) is -9.87. The number of halogens is 6. The summed E-state index contributed by atoms with van der Waals surface area (Å²) in [7, 11) is 0. The molecule has 0 aliphatic carbocycles. The van der Waals surface area contributed by atoms with Crippen molar-refractivity contribution in [3.63, 3.8) is 0 Å². The third kappa shape index (κ3) is 5.70. The van der Waals surface area contributed by atoms with Gasteiger partial charge in [0.05, 0.1) is 33.1 Å². The average Bonchev–Trinajstić information content (AvgIpc) is 2.73. The van der Waals surface area contributed by atoms with Gasteiger partial charge in [0.2, 0.25) is 0 Å². The van der Waals surface area contributed by atoms with E-state index in [9.17, 15) is 46.6 Å². The number of benzene rings is 3. The van der Waals surface area contributed by atoms with Crippen LogP contribution in [0.2, 0.25) is 0 Å². The molecule has 0 saturated heterocycles. The summed E-state index contributed by atoms with van der Waals surface area (Å²) in [5.74, 6) is -1.85. The van der Waals surface area contributed by atoms with Gasteiger partial charge in [-0.3, -0.25) is 20.2 Å². The van der Waals surface area contributed by atoms with Gasteiger partial charge in [-0.2, -0.15) is 26.3 Å². The molecule has 3 rings (SSSR count). The van der Waals surface area contributed by atoms with Gasteiger partial charge >= 0.3 is 12.4 Å². The van der Waals surface area contributed by atoms with Crippen LogP contribution in [0.4, 0.5) is 37.7 Å². The summed E-state index contributed by atoms with van der Waals surface area (Å²) in [5.41, 5.74) is -4.58. The van der Waals surface area contributed by atoms with Crippen LogP contribution in [0.1, 0.15) is 11.1 Å². The summed E-state index contributed by atoms with van der Waals surface area (Å²) in [4.78, 5) is 19.9. The van der Waals surface area contributed by atoms with E-state index in [1.807, 2.05) is 0 Å². The number of para-hydroxylation sites is 2. The Balaban J connectivity index is 2.02. The van der Waals surface area contributed by atoms with Gasteiger partial charge in [-0.05, 0) is 24.3 Å². The summed E-state index contributed by atoms with van der Waals surface area (Å²) in [6, 6.07) is 8.03. The number of nitrogens with zero attached hydrogens (tertiary/aromatic N) is 2. The highest BCUT2D eigenvalue weighted by Crippen LogP contribution is 2.41. The standard InChI is InChI=1S/C20H10F6N2O6/c21-19(22,23)11-5-13(27(29)30)9-15(7-11)33-17-3-1-2-4-18(17)34-16-8-12(20(24,25)26)6-14(10-16)28(31)32/h1-10H. The summed E-state index contributed by atoms with van der Waals surface area (Å²) >= 11 is 0. The van der Waals surface area contributed by atoms with Crippen molar-refractivity contribution in [2.45, 2.75) is 12.4 Å². The predicted molar refractivity (Wildman–Crippen MR) is 103 cm³/mol. The van der Waals surface area contributed by atoms with Crippen LogP contribution in [0.15, 0.2) is 60.7 Å². The van der Waals surface area contributed by atoms with Gasteiger partial charge in [-0.15, -0.1) is 0 Å². The maximum Gasteiger partial charge on any atom is 0.416 e. The highest BCUT2D eigenvalue weighted by molar-refractivity contribution is 5.51. The van der Waals surface area contributed by atoms with Crippen molar-refractivity contribution in [2.75, 3.05) is 0 Å². The Bertz CT molecular complexity index is 1160. The van der Waals surface area contributed by atoms with E-state index in [0.717, 1.165) is 0 Å². The lowest BCUT2D eigenvalue weighted by molar-refractivity contribution is -0.385. The van der Waals surface area contributed by atoms with Crippen molar-refractivity contribution in [1.82, 2.24) is 0 Å². The summed E-state index contributed by atoms with van der Waals surface area (Å²) in [6.45, 7) is 0. The number of hydrogen-bond donors (Lipinski definition) is 0. The van der Waals surface area contributed by atoms with Gasteiger partial charge in [-0.25, -0.2) is 0 Å². The van der Waals surface area contributed by atoms with Crippen LogP contribution >= 0.6 is 0 Å². The summed E-state index contributed by atoms with van der Waals surface area (Å²) in [5, 5.41) is 22.0. The van der Waals surface area contributed by atoms with Crippen LogP contribution in [-0.2, 0) is 12.4 Å². The van der Waals surface area contributed by atoms with E-state index in [1.54, 1.807) is 0 Å². The molecule has 8 nitrogen and oxygen atoms in total. The number of non-ortho nitro benzene ring substituents is 2. The molecular formula is C20H10F6N2O6. The van der Waals surface area contributed by atoms with Crippen LogP contribution in [-0.4, -0.2) is 9.85 Å². The third-order valence-electron chi connectivity index (χ3n) is 4.16. The molecule has 0 aliphatic rings. The average molecular weight is 488 g/mol. The van der Waals surface area contributed by atoms with Crippen LogP contribution in [0.3, 0.4) is 0 Å². The lowest BCUT2D eigenvalue weighted by atomic mass is 10.1. The molecule has 0 atom stereocenters. The number of ether oxygens (including phenoxy) is 2. The molecule has 0 bridgehead atoms. The minimum absolute atomic E-state index is 0.303. The molecule has 3 aromatic rings. The Morgan fingerprint density at radius 2 is 0.971 bits per heavy atom. The topological polar surface area (TPSA) is 105 Å². The number of nitro groups is 2. The molecule has 0 N–H and O–H groups in total. The Morgan fingerprint density at radius 1 is 0.618 bits per heavy atom. The minimum Gasteiger partial charge on any atom is -0.453 e. The van der Waals surface area contributed by atoms with E-state index in [0.29, 0.717) is 36.4 Å². The van der Waals surface area contributed by atoms with Crippen molar-refractivity contribution < 1.29 is 45.7 Å². The SMILES string of the molecule is O=[N+]([O-])c1cc(Oc2ccccc2Oc2cc([N+](=O)[O-])cc(C(F)(F)F)c2)cc(C(F)(F)F)c1. The minimum atomic E-state index is -4.93. The van der Waals surface area contributed by atoms with Gasteiger partial charge in [0, 0.05) is 12.1 Å². The first-order chi connectivity index (χ1) is 15.7. The van der Waals surface area contributed by atoms with Crippen molar-refractivity contribution in [2.24, 2.45) is 0 Å². The van der Waals surface area contributed by atoms with Crippen LogP contribution in [0.5, 0.6) is 23.0 Å². The van der Waals surface area contributed by atoms with E-state index in [4.69, 9.17) is 9.47 Å². The smallest absolute Gasteiger partial charge is 0.416 e. The fraction of sp³-hybridized carbons (Fsp3) is 0.100. The lowest BCUT2D eigenvalue weighted by Crippen LogP contribution is -2.06. The van der Waals surface area contributed by atoms with E-state index in [2.05, 4.69) is 0 Å². The molecule has 0 fully saturated rings. The normalized spacial score (nSPS) is 11.7. The maximum atomic E-state index is 13.1. The van der Waals surface area contributed by atoms with Gasteiger partial charge in [-0.1, -0.05) is 12.1 Å². The van der Waals surface area contributed by atoms with Gasteiger partial charge in [0.15, 0.2) is 11.5 Å². The highest BCUT2D eigenvalue weighted by Gasteiger charge is 2.34. The predicted octanol–water partition coefficient (Wildman–Crippen LogP) is 7.13. The molecular weight excluding hydrogens is 478 g/mol. The number of nitro benzene ring substituents is 2. The number of hydrogen-bond acceptors (Lipinski definition) is 6. The van der Waals surface area contributed by atoms with E-state index >= 15 is 0 Å². The first-order valence-electron chi connectivity index (χ1n) is 8.92. The molecule has 0 spiro atoms. The molecule has 0 amide bonds. The molecule has 0 saturated carbocycles. The van der Waals surface area contributed by atoms with Crippen LogP contribution in [0, 0.1) is 20.2 Å². The fourth-order valence-electron chi connectivity index (χ4n) is 2.70. The zero-order chi connectivity index (χ0) is 25.3. The molecule has 178 valence electrons. The molecule has 0 aliphatic heterocycles. The quantitative estimate of drug-likeness (QED) is 0.208. The fourth-order valence-corrected chi connectivity index (χ4v) is 2.70. The van der Waals surface area contributed by atoms with Crippen LogP contribution < -0.4 is 9.47 Å². The summed E-state index contributed by atoms with van der Waals surface area (Å²) < 4.78 is 89.2. The van der Waals surface area contributed by atoms with Crippen molar-refractivity contribution in [3.8, 4) is 23.0 Å². The van der Waals surface area contributed by atoms with Gasteiger partial charge < -0.3 is 9.47 Å². The molecule has 14 heteroatoms. The second-order valence-electron chi connectivity index (χ2n) is 6.59. The van der Waals surface area contributed by atoms with E-state index in [-0.39, 0.29) is 11.5 Å². The lowest BCUT2D eigenvalue weighted by Gasteiger charge is -2.14. The first kappa shape index (κ1) is 24.3. The molecule has 3 aromatic carbocycles. The third-order valence-corrected chi connectivity index (χ3v) is 4.16. The van der Waals surface area contributed by atoms with E-state index < -0.39 is 56.2 Å². The Kier molecular flexibility index (Phi) is 6.34. The van der Waals surface area contributed by atoms with Crippen LogP contribution in [0.25, 0.3) is 0 Å². The Morgan fingerprint density at radius 3 is 1.26 bits per heavy atom. The molecule has 0 heterocycles. The molecule has 0 aromatic heterocycles. The molecule has 0 radical (unpaired) electrons. The second kappa shape index (κ2) is 8.88. The Hall–Kier alpha value is -4.36. The van der Waals surface area contributed by atoms with Crippen molar-refractivity contribution >= 4 is 11.4 Å². The number of rotatable bonds is 6. The van der Waals surface area contributed by atoms with Gasteiger partial charge in [0.25, 0.3) is 11.4 Å². The second-order valence-corrected chi connectivity index (χ2v) is 6.59. The molecule has 0 unspecified atom stereocenters. The van der Waals surface area contributed by atoms with Crippen molar-refractivity contribution in [1.29, 1.82) is 0 Å². The highest BCUT2D eigenvalue weighted by atomic mass is 19.4. The maximum absolute atomic E-state index is 13.1. The largest absolute Gasteiger partial charge is 0.453 e. The molecule has 34 heavy (non-hydrogen) atoms. The number of alkyl halides is 6. The van der Waals surface area contributed by atoms with Gasteiger partial charge in [0.1, 0.15) is 11.5 Å². The zero-order valence-corrected chi connectivity index (χ0v) is 16.4. The van der Waals surface area contributed by atoms with E-state index in [1.165, 1.54) is 24.3 Å².